The van der Waals surface area contributed by atoms with E-state index in [1.807, 2.05) is 0 Å². The molecule has 4 aliphatic rings. The van der Waals surface area contributed by atoms with Crippen molar-refractivity contribution in [2.75, 3.05) is 0 Å². The first-order valence-corrected chi connectivity index (χ1v) is 12.4. The van der Waals surface area contributed by atoms with Crippen molar-refractivity contribution >= 4 is 0 Å². The maximum atomic E-state index is 9.82. The molecule has 0 radical (unpaired) electrons. The molecule has 0 heterocycles. The van der Waals surface area contributed by atoms with Crippen molar-refractivity contribution in [2.24, 2.45) is 52.2 Å². The Bertz CT molecular complexity index is 836. The molecule has 0 amide bonds. The average molecular weight is 408 g/mol. The molecule has 0 aromatic carbocycles. The minimum absolute atomic E-state index is 0.00550. The van der Waals surface area contributed by atoms with Crippen molar-refractivity contribution < 1.29 is 14.7 Å². The van der Waals surface area contributed by atoms with Crippen LogP contribution in [-0.4, -0.2) is 5.11 Å². The molecule has 9 atom stereocenters. The van der Waals surface area contributed by atoms with Gasteiger partial charge in [-0.1, -0.05) is 40.5 Å². The molecule has 0 spiro atoms. The lowest BCUT2D eigenvalue weighted by atomic mass is 9.44. The van der Waals surface area contributed by atoms with Crippen molar-refractivity contribution in [3.8, 4) is 0 Å². The average Bonchev–Trinajstić information content (AvgIpc) is 3.13. The molecule has 4 rings (SSSR count). The van der Waals surface area contributed by atoms with Gasteiger partial charge in [0.05, 0.1) is 6.24 Å². The number of fused-ring (bicyclic) bond motifs is 5. The van der Waals surface area contributed by atoms with Crippen LogP contribution in [0.15, 0.2) is 11.8 Å². The van der Waals surface area contributed by atoms with Gasteiger partial charge in [0.1, 0.15) is 1.37 Å². The molecular weight excluding hydrogens is 352 g/mol. The zero-order valence-corrected chi connectivity index (χ0v) is 19.0. The molecule has 0 saturated heterocycles. The highest BCUT2D eigenvalue weighted by molar-refractivity contribution is 5.09. The number of aliphatic hydroxyl groups excluding tert-OH is 1. The van der Waals surface area contributed by atoms with E-state index in [0.29, 0.717) is 17.8 Å². The molecule has 0 aromatic rings. The summed E-state index contributed by atoms with van der Waals surface area (Å²) in [6.07, 6.45) is 12.7. The van der Waals surface area contributed by atoms with Crippen molar-refractivity contribution in [2.45, 2.75) is 112 Å². The van der Waals surface area contributed by atoms with Gasteiger partial charge in [0, 0.05) is 8.22 Å². The summed E-state index contributed by atoms with van der Waals surface area (Å²) in [5.41, 5.74) is 0.0145. The molecule has 4 saturated carbocycles. The molecule has 166 valence electrons. The van der Waals surface area contributed by atoms with Crippen LogP contribution in [0.5, 0.6) is 0 Å². The molecular formula is C28H48O. The predicted octanol–water partition coefficient (Wildman–Crippen LogP) is 8.55. The summed E-state index contributed by atoms with van der Waals surface area (Å²) in [4.78, 5) is 0. The SMILES string of the molecule is [2H]C(O)=C(C([2H])([2H])[2H])[C@]([2H])(CC[C@@H](C)[C@H]1CC[C@H]2[C@@H]3CCC4CCCC[C@]4(C)[C@H]3CC[C@]12C)C([2H])[2H]. The van der Waals surface area contributed by atoms with E-state index in [2.05, 4.69) is 20.8 Å². The summed E-state index contributed by atoms with van der Waals surface area (Å²) in [5, 5.41) is 9.82. The summed E-state index contributed by atoms with van der Waals surface area (Å²) in [7, 11) is 0. The van der Waals surface area contributed by atoms with E-state index in [1.165, 1.54) is 57.8 Å². The van der Waals surface area contributed by atoms with Crippen LogP contribution < -0.4 is 0 Å². The lowest BCUT2D eigenvalue weighted by Crippen LogP contribution is -2.53. The Kier molecular flexibility index (Phi) is 4.14. The van der Waals surface area contributed by atoms with E-state index >= 15 is 0 Å². The Balaban J connectivity index is 1.50. The Morgan fingerprint density at radius 2 is 1.90 bits per heavy atom. The highest BCUT2D eigenvalue weighted by atomic mass is 16.2. The third kappa shape index (κ3) is 3.61. The van der Waals surface area contributed by atoms with Gasteiger partial charge in [-0.2, -0.15) is 0 Å². The zero-order chi connectivity index (χ0) is 26.7. The van der Waals surface area contributed by atoms with Crippen LogP contribution in [0.2, 0.25) is 0 Å². The van der Waals surface area contributed by atoms with Crippen molar-refractivity contribution in [1.82, 2.24) is 0 Å². The van der Waals surface area contributed by atoms with Crippen LogP contribution in [0.4, 0.5) is 0 Å². The number of hydrogen-bond donors (Lipinski definition) is 1. The van der Waals surface area contributed by atoms with Gasteiger partial charge in [-0.15, -0.1) is 0 Å². The highest BCUT2D eigenvalue weighted by Gasteiger charge is 2.60. The standard InChI is InChI=1S/C28H48O/c1-19(21(3)18-29)9-10-20(2)24-13-14-25-23-12-11-22-8-6-7-16-27(22,4)26(23)15-17-28(24,25)5/h18-20,22-26,29H,6-17H2,1-5H3/t19-,20+,22?,23-,24+,25-,26-,27-,28+/m0/s1/i1D2,3D3,18D,19D. The van der Waals surface area contributed by atoms with Gasteiger partial charge in [-0.3, -0.25) is 0 Å². The summed E-state index contributed by atoms with van der Waals surface area (Å²) < 4.78 is 55.5. The number of hydrogen-bond acceptors (Lipinski definition) is 1. The fraction of sp³-hybridized carbons (Fsp3) is 0.929. The molecule has 4 aliphatic carbocycles. The van der Waals surface area contributed by atoms with Gasteiger partial charge in [-0.05, 0) is 129 Å². The second kappa shape index (κ2) is 8.23. The third-order valence-electron chi connectivity index (χ3n) is 10.6. The van der Waals surface area contributed by atoms with Gasteiger partial charge in [0.2, 0.25) is 0 Å². The number of aliphatic hydroxyl groups is 1. The molecule has 1 heteroatoms. The molecule has 4 fully saturated rings. The van der Waals surface area contributed by atoms with Crippen LogP contribution in [0.25, 0.3) is 0 Å². The topological polar surface area (TPSA) is 20.2 Å². The summed E-state index contributed by atoms with van der Waals surface area (Å²) in [6, 6.07) is 0. The number of rotatable bonds is 5. The van der Waals surface area contributed by atoms with Crippen LogP contribution in [0.3, 0.4) is 0 Å². The summed E-state index contributed by atoms with van der Waals surface area (Å²) in [6.45, 7) is 2.64. The van der Waals surface area contributed by atoms with E-state index in [0.717, 1.165) is 30.1 Å². The summed E-state index contributed by atoms with van der Waals surface area (Å²) in [5.74, 6) is 1.93. The second-order valence-corrected chi connectivity index (χ2v) is 11.7. The second-order valence-electron chi connectivity index (χ2n) is 11.7. The minimum atomic E-state index is -2.87. The fourth-order valence-corrected chi connectivity index (χ4v) is 9.05. The Labute approximate surface area is 191 Å². The Morgan fingerprint density at radius 3 is 2.66 bits per heavy atom. The first-order valence-electron chi connectivity index (χ1n) is 16.1. The van der Waals surface area contributed by atoms with Crippen LogP contribution in [0, 0.1) is 52.2 Å². The van der Waals surface area contributed by atoms with E-state index < -0.39 is 31.4 Å². The molecule has 0 aliphatic heterocycles. The minimum Gasteiger partial charge on any atom is -0.516 e. The van der Waals surface area contributed by atoms with E-state index in [-0.39, 0.29) is 17.8 Å². The Hall–Kier alpha value is -0.460. The van der Waals surface area contributed by atoms with E-state index in [9.17, 15) is 5.11 Å². The quantitative estimate of drug-likeness (QED) is 0.452. The number of allylic oxidation sites excluding steroid dienone is 1. The van der Waals surface area contributed by atoms with Crippen molar-refractivity contribution in [3.05, 3.63) is 11.8 Å². The third-order valence-corrected chi connectivity index (χ3v) is 10.6. The monoisotopic (exact) mass is 407 g/mol. The molecule has 1 N–H and O–H groups in total. The van der Waals surface area contributed by atoms with Crippen LogP contribution in [0.1, 0.15) is 121 Å². The van der Waals surface area contributed by atoms with Gasteiger partial charge < -0.3 is 5.11 Å². The molecule has 0 bridgehead atoms. The molecule has 1 nitrogen and oxygen atoms in total. The highest BCUT2D eigenvalue weighted by Crippen LogP contribution is 2.68. The van der Waals surface area contributed by atoms with Crippen LogP contribution in [-0.2, 0) is 0 Å². The van der Waals surface area contributed by atoms with Crippen molar-refractivity contribution in [3.63, 3.8) is 0 Å². The normalized spacial score (nSPS) is 52.6. The van der Waals surface area contributed by atoms with Crippen molar-refractivity contribution in [1.29, 1.82) is 0 Å². The fourth-order valence-electron chi connectivity index (χ4n) is 9.05. The maximum absolute atomic E-state index is 9.82. The largest absolute Gasteiger partial charge is 0.516 e. The first-order chi connectivity index (χ1) is 16.7. The maximum Gasteiger partial charge on any atom is 0.103 e. The Morgan fingerprint density at radius 1 is 1.07 bits per heavy atom. The van der Waals surface area contributed by atoms with Gasteiger partial charge in [0.25, 0.3) is 0 Å². The van der Waals surface area contributed by atoms with Crippen LogP contribution >= 0.6 is 0 Å². The van der Waals surface area contributed by atoms with E-state index in [4.69, 9.17) is 9.60 Å². The van der Waals surface area contributed by atoms with Gasteiger partial charge >= 0.3 is 0 Å². The molecule has 0 aromatic heterocycles. The lowest BCUT2D eigenvalue weighted by Gasteiger charge is -2.61. The predicted molar refractivity (Wildman–Crippen MR) is 124 cm³/mol. The first kappa shape index (κ1) is 14.6. The molecule has 1 unspecified atom stereocenters. The van der Waals surface area contributed by atoms with Gasteiger partial charge in [-0.25, -0.2) is 0 Å². The smallest absolute Gasteiger partial charge is 0.103 e. The zero-order valence-electron chi connectivity index (χ0n) is 26.0. The van der Waals surface area contributed by atoms with Gasteiger partial charge in [0.15, 0.2) is 0 Å². The summed E-state index contributed by atoms with van der Waals surface area (Å²) >= 11 is 0. The lowest BCUT2D eigenvalue weighted by molar-refractivity contribution is -0.114. The van der Waals surface area contributed by atoms with E-state index in [1.54, 1.807) is 0 Å². The molecule has 29 heavy (non-hydrogen) atoms.